The maximum atomic E-state index is 13.4. The first-order chi connectivity index (χ1) is 17.4. The van der Waals surface area contributed by atoms with Crippen molar-refractivity contribution in [3.05, 3.63) is 59.4 Å². The Morgan fingerprint density at radius 1 is 1.08 bits per heavy atom. The van der Waals surface area contributed by atoms with Crippen LogP contribution in [0.3, 0.4) is 0 Å². The van der Waals surface area contributed by atoms with Gasteiger partial charge in [-0.2, -0.15) is 0 Å². The lowest BCUT2D eigenvalue weighted by Crippen LogP contribution is -2.54. The fourth-order valence-electron chi connectivity index (χ4n) is 4.77. The van der Waals surface area contributed by atoms with Gasteiger partial charge in [-0.15, -0.1) is 0 Å². The first-order valence-electron chi connectivity index (χ1n) is 12.4. The van der Waals surface area contributed by atoms with Gasteiger partial charge in [-0.05, 0) is 74.1 Å². The number of nitrogens with zero attached hydrogens (tertiary/aromatic N) is 1. The van der Waals surface area contributed by atoms with Gasteiger partial charge in [0.15, 0.2) is 0 Å². The standard InChI is InChI=1S/C27H30FN3O5/c1-31-22-10-9-20(13-25(32)29-14-16-2-3-16)36-24(22)15-35-23-11-8-19(12-21(23)27(31)34)30-26(33)17-4-6-18(28)7-5-17/h4-8,11-12,16,20,22,24H,2-3,9-10,13-15H2,1H3,(H,29,32)(H,30,33)/t20-,22-,24-/m1/s1. The number of hydrogen-bond donors (Lipinski definition) is 2. The van der Waals surface area contributed by atoms with Gasteiger partial charge in [-0.3, -0.25) is 14.4 Å². The number of likely N-dealkylation sites (N-methyl/N-ethyl adjacent to an activating group) is 1. The summed E-state index contributed by atoms with van der Waals surface area (Å²) < 4.78 is 25.4. The van der Waals surface area contributed by atoms with E-state index in [0.29, 0.717) is 47.7 Å². The van der Waals surface area contributed by atoms with E-state index in [1.807, 2.05) is 0 Å². The molecule has 2 aliphatic heterocycles. The lowest BCUT2D eigenvalue weighted by molar-refractivity contribution is -0.134. The minimum absolute atomic E-state index is 0.00195. The maximum Gasteiger partial charge on any atom is 0.257 e. The molecule has 1 saturated carbocycles. The number of nitrogens with one attached hydrogen (secondary N) is 2. The van der Waals surface area contributed by atoms with E-state index in [9.17, 15) is 18.8 Å². The summed E-state index contributed by atoms with van der Waals surface area (Å²) >= 11 is 0. The fraction of sp³-hybridized carbons (Fsp3) is 0.444. The molecular weight excluding hydrogens is 465 g/mol. The second-order valence-corrected chi connectivity index (χ2v) is 9.79. The molecule has 9 heteroatoms. The molecule has 2 heterocycles. The lowest BCUT2D eigenvalue weighted by Gasteiger charge is -2.42. The number of ether oxygens (including phenoxy) is 2. The van der Waals surface area contributed by atoms with E-state index in [4.69, 9.17) is 9.47 Å². The third-order valence-corrected chi connectivity index (χ3v) is 7.07. The highest BCUT2D eigenvalue weighted by molar-refractivity contribution is 6.05. The number of amides is 3. The Morgan fingerprint density at radius 3 is 2.61 bits per heavy atom. The fourth-order valence-corrected chi connectivity index (χ4v) is 4.77. The maximum absolute atomic E-state index is 13.4. The second kappa shape index (κ2) is 10.3. The van der Waals surface area contributed by atoms with E-state index in [-0.39, 0.29) is 36.7 Å². The van der Waals surface area contributed by atoms with Crippen LogP contribution in [0.2, 0.25) is 0 Å². The van der Waals surface area contributed by atoms with Crippen LogP contribution in [0, 0.1) is 11.7 Å². The monoisotopic (exact) mass is 495 g/mol. The predicted molar refractivity (Wildman–Crippen MR) is 130 cm³/mol. The van der Waals surface area contributed by atoms with Crippen LogP contribution in [0.4, 0.5) is 10.1 Å². The average Bonchev–Trinajstić information content (AvgIpc) is 3.70. The molecule has 1 aliphatic carbocycles. The molecule has 190 valence electrons. The van der Waals surface area contributed by atoms with Crippen LogP contribution in [0.1, 0.15) is 52.8 Å². The molecule has 0 radical (unpaired) electrons. The van der Waals surface area contributed by atoms with Gasteiger partial charge in [0.1, 0.15) is 24.3 Å². The van der Waals surface area contributed by atoms with Crippen LogP contribution in [-0.4, -0.2) is 61.1 Å². The van der Waals surface area contributed by atoms with Crippen LogP contribution >= 0.6 is 0 Å². The van der Waals surface area contributed by atoms with Crippen LogP contribution < -0.4 is 15.4 Å². The summed E-state index contributed by atoms with van der Waals surface area (Å²) in [4.78, 5) is 39.9. The number of anilines is 1. The van der Waals surface area contributed by atoms with E-state index in [1.165, 1.54) is 37.1 Å². The quantitative estimate of drug-likeness (QED) is 0.641. The molecule has 36 heavy (non-hydrogen) atoms. The van der Waals surface area contributed by atoms with Gasteiger partial charge in [0, 0.05) is 24.8 Å². The van der Waals surface area contributed by atoms with Gasteiger partial charge in [-0.1, -0.05) is 0 Å². The summed E-state index contributed by atoms with van der Waals surface area (Å²) in [6, 6.07) is 9.93. The molecule has 1 saturated heterocycles. The number of hydrogen-bond acceptors (Lipinski definition) is 5. The Morgan fingerprint density at radius 2 is 1.86 bits per heavy atom. The number of carbonyl (C=O) groups is 3. The number of carbonyl (C=O) groups excluding carboxylic acids is 3. The molecule has 2 aromatic rings. The molecule has 3 amide bonds. The molecule has 5 rings (SSSR count). The number of fused-ring (bicyclic) bond motifs is 2. The SMILES string of the molecule is CN1C(=O)c2cc(NC(=O)c3ccc(F)cc3)ccc2OC[C@H]2O[C@@H](CC(=O)NCC3CC3)CC[C@H]21. The topological polar surface area (TPSA) is 97.0 Å². The molecule has 0 spiro atoms. The van der Waals surface area contributed by atoms with Crippen molar-refractivity contribution in [2.45, 2.75) is 50.4 Å². The van der Waals surface area contributed by atoms with Crippen LogP contribution in [0.15, 0.2) is 42.5 Å². The van der Waals surface area contributed by atoms with Crippen molar-refractivity contribution in [1.29, 1.82) is 0 Å². The minimum Gasteiger partial charge on any atom is -0.490 e. The summed E-state index contributed by atoms with van der Waals surface area (Å²) in [5, 5.41) is 5.74. The molecule has 0 aromatic heterocycles. The lowest BCUT2D eigenvalue weighted by atomic mass is 9.94. The Kier molecular flexibility index (Phi) is 6.91. The Labute approximate surface area is 209 Å². The predicted octanol–water partition coefficient (Wildman–Crippen LogP) is 3.37. The van der Waals surface area contributed by atoms with E-state index in [1.54, 1.807) is 30.1 Å². The van der Waals surface area contributed by atoms with E-state index < -0.39 is 11.7 Å². The number of halogens is 1. The molecule has 2 aromatic carbocycles. The average molecular weight is 496 g/mol. The highest BCUT2D eigenvalue weighted by atomic mass is 19.1. The molecular formula is C27H30FN3O5. The highest BCUT2D eigenvalue weighted by Gasteiger charge is 2.39. The van der Waals surface area contributed by atoms with Crippen molar-refractivity contribution >= 4 is 23.4 Å². The van der Waals surface area contributed by atoms with Gasteiger partial charge in [0.2, 0.25) is 5.91 Å². The molecule has 2 fully saturated rings. The van der Waals surface area contributed by atoms with Crippen molar-refractivity contribution in [3.8, 4) is 5.75 Å². The first kappa shape index (κ1) is 24.2. The highest BCUT2D eigenvalue weighted by Crippen LogP contribution is 2.33. The van der Waals surface area contributed by atoms with Gasteiger partial charge in [0.25, 0.3) is 11.8 Å². The van der Waals surface area contributed by atoms with Crippen LogP contribution in [0.5, 0.6) is 5.75 Å². The molecule has 0 unspecified atom stereocenters. The van der Waals surface area contributed by atoms with Crippen LogP contribution in [-0.2, 0) is 9.53 Å². The van der Waals surface area contributed by atoms with E-state index in [0.717, 1.165) is 6.54 Å². The van der Waals surface area contributed by atoms with Gasteiger partial charge >= 0.3 is 0 Å². The summed E-state index contributed by atoms with van der Waals surface area (Å²) in [5.74, 6) is -0.0370. The summed E-state index contributed by atoms with van der Waals surface area (Å²) in [5.41, 5.74) is 1.08. The Balaban J connectivity index is 1.25. The molecule has 0 bridgehead atoms. The Bertz CT molecular complexity index is 1150. The first-order valence-corrected chi connectivity index (χ1v) is 12.4. The van der Waals surface area contributed by atoms with Crippen molar-refractivity contribution in [1.82, 2.24) is 10.2 Å². The van der Waals surface area contributed by atoms with Gasteiger partial charge in [-0.25, -0.2) is 4.39 Å². The van der Waals surface area contributed by atoms with Crippen molar-refractivity contribution < 1.29 is 28.2 Å². The molecule has 8 nitrogen and oxygen atoms in total. The van der Waals surface area contributed by atoms with Crippen molar-refractivity contribution in [3.63, 3.8) is 0 Å². The molecule has 3 atom stereocenters. The largest absolute Gasteiger partial charge is 0.490 e. The third-order valence-electron chi connectivity index (χ3n) is 7.07. The van der Waals surface area contributed by atoms with Crippen molar-refractivity contribution in [2.75, 3.05) is 25.5 Å². The second-order valence-electron chi connectivity index (χ2n) is 9.79. The Hall–Kier alpha value is -3.46. The zero-order valence-electron chi connectivity index (χ0n) is 20.2. The van der Waals surface area contributed by atoms with E-state index in [2.05, 4.69) is 10.6 Å². The van der Waals surface area contributed by atoms with Crippen LogP contribution in [0.25, 0.3) is 0 Å². The number of rotatable bonds is 6. The zero-order chi connectivity index (χ0) is 25.2. The van der Waals surface area contributed by atoms with E-state index >= 15 is 0 Å². The minimum atomic E-state index is -0.424. The summed E-state index contributed by atoms with van der Waals surface area (Å²) in [6.07, 6.45) is 3.50. The molecule has 2 N–H and O–H groups in total. The van der Waals surface area contributed by atoms with Crippen molar-refractivity contribution in [2.24, 2.45) is 5.92 Å². The summed E-state index contributed by atoms with van der Waals surface area (Å²) in [6.45, 7) is 0.984. The smallest absolute Gasteiger partial charge is 0.257 e. The molecule has 3 aliphatic rings. The zero-order valence-corrected chi connectivity index (χ0v) is 20.2. The normalized spacial score (nSPS) is 23.4. The third kappa shape index (κ3) is 5.51. The van der Waals surface area contributed by atoms with Gasteiger partial charge in [0.05, 0.1) is 24.1 Å². The summed E-state index contributed by atoms with van der Waals surface area (Å²) in [7, 11) is 1.74. The van der Waals surface area contributed by atoms with Gasteiger partial charge < -0.3 is 25.0 Å². The number of benzene rings is 2.